The van der Waals surface area contributed by atoms with Crippen molar-refractivity contribution in [1.82, 2.24) is 0 Å². The van der Waals surface area contributed by atoms with E-state index in [-0.39, 0.29) is 0 Å². The minimum Gasteiger partial charge on any atom is -0.449 e. The van der Waals surface area contributed by atoms with Crippen molar-refractivity contribution in [1.29, 1.82) is 0 Å². The van der Waals surface area contributed by atoms with Crippen LogP contribution in [0.5, 0.6) is 0 Å². The van der Waals surface area contributed by atoms with Crippen molar-refractivity contribution >= 4 is 45.9 Å². The minimum absolute atomic E-state index is 0.332. The van der Waals surface area contributed by atoms with E-state index >= 15 is 0 Å². The second-order valence-electron chi connectivity index (χ2n) is 4.59. The Balaban J connectivity index is 1.80. The summed E-state index contributed by atoms with van der Waals surface area (Å²) in [7, 11) is 0. The van der Waals surface area contributed by atoms with Gasteiger partial charge in [0.15, 0.2) is 5.06 Å². The number of fused-ring (bicyclic) bond motifs is 1. The molecule has 1 aromatic carbocycles. The zero-order chi connectivity index (χ0) is 12.6. The molecule has 0 bridgehead atoms. The van der Waals surface area contributed by atoms with Gasteiger partial charge in [0.2, 0.25) is 0 Å². The van der Waals surface area contributed by atoms with Crippen molar-refractivity contribution in [3.63, 3.8) is 0 Å². The highest BCUT2D eigenvalue weighted by Crippen LogP contribution is 2.49. The molecule has 2 aliphatic rings. The van der Waals surface area contributed by atoms with Crippen molar-refractivity contribution in [2.45, 2.75) is 36.0 Å². The van der Waals surface area contributed by atoms with Gasteiger partial charge in [-0.05, 0) is 37.1 Å². The molecule has 0 amide bonds. The second-order valence-corrected chi connectivity index (χ2v) is 6.82. The highest BCUT2D eigenvalue weighted by atomic mass is 35.5. The summed E-state index contributed by atoms with van der Waals surface area (Å²) in [5.74, 6) is 0. The molecule has 1 saturated heterocycles. The lowest BCUT2D eigenvalue weighted by molar-refractivity contribution is 0.124. The average molecular weight is 302 g/mol. The van der Waals surface area contributed by atoms with Crippen LogP contribution in [0, 0.1) is 0 Å². The lowest BCUT2D eigenvalue weighted by Crippen LogP contribution is -2.35. The SMILES string of the molecule is Clc1ccc(N=C2OC3(Cl)CCCCC3S2)cc1. The fourth-order valence-corrected chi connectivity index (χ4v) is 4.14. The van der Waals surface area contributed by atoms with Crippen LogP contribution in [0.25, 0.3) is 0 Å². The lowest BCUT2D eigenvalue weighted by atomic mass is 9.96. The van der Waals surface area contributed by atoms with E-state index in [1.165, 1.54) is 6.42 Å². The highest BCUT2D eigenvalue weighted by Gasteiger charge is 2.48. The molecule has 1 aromatic rings. The molecule has 1 heterocycles. The molecular formula is C13H13Cl2NOS. The standard InChI is InChI=1S/C13H13Cl2NOS/c14-9-4-6-10(7-5-9)16-12-17-13(15)8-2-1-3-11(13)18-12/h4-7,11H,1-3,8H2. The molecule has 2 nitrogen and oxygen atoms in total. The highest BCUT2D eigenvalue weighted by molar-refractivity contribution is 8.14. The molecule has 2 unspecified atom stereocenters. The molecular weight excluding hydrogens is 289 g/mol. The first-order valence-corrected chi connectivity index (χ1v) is 7.68. The summed E-state index contributed by atoms with van der Waals surface area (Å²) in [5.41, 5.74) is 0.848. The van der Waals surface area contributed by atoms with E-state index in [1.807, 2.05) is 24.3 Å². The summed E-state index contributed by atoms with van der Waals surface area (Å²) in [6, 6.07) is 7.40. The van der Waals surface area contributed by atoms with Crippen LogP contribution in [-0.2, 0) is 4.74 Å². The molecule has 0 radical (unpaired) electrons. The molecule has 18 heavy (non-hydrogen) atoms. The Labute approximate surface area is 121 Å². The van der Waals surface area contributed by atoms with Crippen LogP contribution in [0.4, 0.5) is 5.69 Å². The van der Waals surface area contributed by atoms with Crippen molar-refractivity contribution < 1.29 is 4.74 Å². The third kappa shape index (κ3) is 2.49. The monoisotopic (exact) mass is 301 g/mol. The molecule has 1 aliphatic carbocycles. The van der Waals surface area contributed by atoms with Crippen LogP contribution in [0.15, 0.2) is 29.3 Å². The smallest absolute Gasteiger partial charge is 0.253 e. The number of benzene rings is 1. The number of halogens is 2. The van der Waals surface area contributed by atoms with Gasteiger partial charge < -0.3 is 4.74 Å². The van der Waals surface area contributed by atoms with Crippen LogP contribution in [0.2, 0.25) is 5.02 Å². The molecule has 2 fully saturated rings. The first kappa shape index (κ1) is 12.6. The van der Waals surface area contributed by atoms with Crippen molar-refractivity contribution in [2.24, 2.45) is 4.99 Å². The van der Waals surface area contributed by atoms with E-state index in [9.17, 15) is 0 Å². The zero-order valence-corrected chi connectivity index (χ0v) is 12.1. The number of rotatable bonds is 1. The van der Waals surface area contributed by atoms with Crippen LogP contribution < -0.4 is 0 Å². The predicted molar refractivity (Wildman–Crippen MR) is 78.1 cm³/mol. The summed E-state index contributed by atoms with van der Waals surface area (Å²) in [4.78, 5) is 4.48. The largest absolute Gasteiger partial charge is 0.449 e. The Morgan fingerprint density at radius 2 is 2.06 bits per heavy atom. The third-order valence-corrected chi connectivity index (χ3v) is 5.45. The Hall–Kier alpha value is -0.380. The predicted octanol–water partition coefficient (Wildman–Crippen LogP) is 4.97. The molecule has 0 spiro atoms. The summed E-state index contributed by atoms with van der Waals surface area (Å²) >= 11 is 14.0. The van der Waals surface area contributed by atoms with Gasteiger partial charge in [0.25, 0.3) is 5.23 Å². The Kier molecular flexibility index (Phi) is 3.48. The first-order valence-electron chi connectivity index (χ1n) is 6.05. The van der Waals surface area contributed by atoms with Crippen LogP contribution in [0.3, 0.4) is 0 Å². The molecule has 96 valence electrons. The number of thioether (sulfide) groups is 1. The number of ether oxygens (including phenoxy) is 1. The van der Waals surface area contributed by atoms with E-state index in [4.69, 9.17) is 27.9 Å². The minimum atomic E-state index is -0.534. The molecule has 0 aromatic heterocycles. The van der Waals surface area contributed by atoms with Gasteiger partial charge in [-0.15, -0.1) is 0 Å². The third-order valence-electron chi connectivity index (χ3n) is 3.26. The van der Waals surface area contributed by atoms with Crippen molar-refractivity contribution in [3.8, 4) is 0 Å². The van der Waals surface area contributed by atoms with Crippen molar-refractivity contribution in [3.05, 3.63) is 29.3 Å². The zero-order valence-electron chi connectivity index (χ0n) is 9.73. The number of hydrogen-bond acceptors (Lipinski definition) is 3. The molecule has 5 heteroatoms. The maximum absolute atomic E-state index is 6.51. The maximum atomic E-state index is 6.51. The number of nitrogens with zero attached hydrogens (tertiary/aromatic N) is 1. The second kappa shape index (κ2) is 4.95. The summed E-state index contributed by atoms with van der Waals surface area (Å²) in [6.45, 7) is 0. The van der Waals surface area contributed by atoms with E-state index in [0.717, 1.165) is 24.9 Å². The van der Waals surface area contributed by atoms with Gasteiger partial charge in [0, 0.05) is 11.4 Å². The van der Waals surface area contributed by atoms with E-state index in [2.05, 4.69) is 4.99 Å². The number of hydrogen-bond donors (Lipinski definition) is 0. The molecule has 1 aliphatic heterocycles. The number of aliphatic imine (C=N–C) groups is 1. The van der Waals surface area contributed by atoms with Crippen LogP contribution in [0.1, 0.15) is 25.7 Å². The van der Waals surface area contributed by atoms with E-state index in [1.54, 1.807) is 11.8 Å². The van der Waals surface area contributed by atoms with Gasteiger partial charge in [-0.25, -0.2) is 4.99 Å². The summed E-state index contributed by atoms with van der Waals surface area (Å²) < 4.78 is 5.83. The molecule has 0 N–H and O–H groups in total. The van der Waals surface area contributed by atoms with Gasteiger partial charge in [-0.2, -0.15) is 0 Å². The molecule has 3 rings (SSSR count). The van der Waals surface area contributed by atoms with Gasteiger partial charge in [-0.1, -0.05) is 41.4 Å². The molecule has 2 atom stereocenters. The first-order chi connectivity index (χ1) is 8.66. The van der Waals surface area contributed by atoms with Gasteiger partial charge in [-0.3, -0.25) is 0 Å². The van der Waals surface area contributed by atoms with Gasteiger partial charge >= 0.3 is 0 Å². The lowest BCUT2D eigenvalue weighted by Gasteiger charge is -2.30. The topological polar surface area (TPSA) is 21.6 Å². The van der Waals surface area contributed by atoms with Crippen molar-refractivity contribution in [2.75, 3.05) is 0 Å². The van der Waals surface area contributed by atoms with Crippen LogP contribution >= 0.6 is 35.0 Å². The average Bonchev–Trinajstić information content (AvgIpc) is 2.68. The number of alkyl halides is 1. The fraction of sp³-hybridized carbons (Fsp3) is 0.462. The fourth-order valence-electron chi connectivity index (χ4n) is 2.30. The van der Waals surface area contributed by atoms with Crippen LogP contribution in [-0.4, -0.2) is 15.5 Å². The Bertz CT molecular complexity index is 476. The normalized spacial score (nSPS) is 33.2. The Morgan fingerprint density at radius 3 is 2.78 bits per heavy atom. The summed E-state index contributed by atoms with van der Waals surface area (Å²) in [6.07, 6.45) is 4.37. The van der Waals surface area contributed by atoms with Gasteiger partial charge in [0.1, 0.15) is 0 Å². The quantitative estimate of drug-likeness (QED) is 0.683. The summed E-state index contributed by atoms with van der Waals surface area (Å²) in [5, 5.41) is 1.19. The Morgan fingerprint density at radius 1 is 1.28 bits per heavy atom. The van der Waals surface area contributed by atoms with Gasteiger partial charge in [0.05, 0.1) is 10.9 Å². The van der Waals surface area contributed by atoms with E-state index < -0.39 is 5.06 Å². The molecule has 1 saturated carbocycles. The maximum Gasteiger partial charge on any atom is 0.253 e. The van der Waals surface area contributed by atoms with E-state index in [0.29, 0.717) is 15.5 Å².